The maximum Gasteiger partial charge on any atom is 0.248 e. The molecule has 0 aromatic heterocycles. The standard InChI is InChI=1S/C28H45N3O5/c1-8-13-29(14-9-2)24(33)21-22-25(34)31(16-11-12-17-32)23(26(35)30(15-10-3)19(4)5)28(22)18-20(6)27(21,7)36-28/h8,10,19-23,32H,1,3,9,11-18H2,2,4-7H3/t20?,21-,22-,23?,27+,28?/m0/s1. The van der Waals surface area contributed by atoms with Gasteiger partial charge in [0.25, 0.3) is 0 Å². The highest BCUT2D eigenvalue weighted by Crippen LogP contribution is 2.65. The third-order valence-electron chi connectivity index (χ3n) is 8.51. The number of likely N-dealkylation sites (tertiary alicyclic amines) is 1. The van der Waals surface area contributed by atoms with E-state index in [1.165, 1.54) is 0 Å². The van der Waals surface area contributed by atoms with Gasteiger partial charge in [-0.2, -0.15) is 0 Å². The van der Waals surface area contributed by atoms with Crippen molar-refractivity contribution in [3.63, 3.8) is 0 Å². The molecule has 0 radical (unpaired) electrons. The van der Waals surface area contributed by atoms with Crippen LogP contribution in [0.4, 0.5) is 0 Å². The van der Waals surface area contributed by atoms with Crippen molar-refractivity contribution in [2.45, 2.75) is 83.6 Å². The van der Waals surface area contributed by atoms with Gasteiger partial charge in [-0.1, -0.05) is 26.0 Å². The molecule has 3 fully saturated rings. The molecule has 3 rings (SSSR count). The molecule has 6 atom stereocenters. The second-order valence-electron chi connectivity index (χ2n) is 11.1. The number of ether oxygens (including phenoxy) is 1. The molecule has 3 aliphatic heterocycles. The van der Waals surface area contributed by atoms with Crippen LogP contribution in [-0.2, 0) is 19.1 Å². The van der Waals surface area contributed by atoms with Gasteiger partial charge in [0.05, 0.1) is 17.4 Å². The average Bonchev–Trinajstić information content (AvgIpc) is 3.33. The van der Waals surface area contributed by atoms with Gasteiger partial charge in [0, 0.05) is 38.8 Å². The fourth-order valence-corrected chi connectivity index (χ4v) is 6.79. The second-order valence-corrected chi connectivity index (χ2v) is 11.1. The van der Waals surface area contributed by atoms with E-state index in [0.29, 0.717) is 45.4 Å². The highest BCUT2D eigenvalue weighted by Gasteiger charge is 2.80. The summed E-state index contributed by atoms with van der Waals surface area (Å²) >= 11 is 0. The lowest BCUT2D eigenvalue weighted by Crippen LogP contribution is -2.58. The summed E-state index contributed by atoms with van der Waals surface area (Å²) in [5.41, 5.74) is -1.89. The van der Waals surface area contributed by atoms with Crippen LogP contribution in [0.25, 0.3) is 0 Å². The number of aliphatic hydroxyl groups is 1. The largest absolute Gasteiger partial charge is 0.396 e. The Morgan fingerprint density at radius 2 is 1.89 bits per heavy atom. The SMILES string of the molecule is C=CCN(CCC)C(=O)[C@@H]1[C@H]2C(=O)N(CCCCO)C(C(=O)N(CC=C)C(C)C)C23CC(C)[C@@]1(C)O3. The van der Waals surface area contributed by atoms with Crippen LogP contribution in [0.1, 0.15) is 60.3 Å². The summed E-state index contributed by atoms with van der Waals surface area (Å²) in [4.78, 5) is 47.5. The summed E-state index contributed by atoms with van der Waals surface area (Å²) in [6.07, 6.45) is 5.85. The van der Waals surface area contributed by atoms with Crippen LogP contribution < -0.4 is 0 Å². The molecular formula is C28H45N3O5. The number of hydrogen-bond acceptors (Lipinski definition) is 5. The van der Waals surface area contributed by atoms with E-state index in [9.17, 15) is 19.5 Å². The van der Waals surface area contributed by atoms with Gasteiger partial charge in [-0.05, 0) is 52.4 Å². The molecule has 0 aromatic rings. The topological polar surface area (TPSA) is 90.4 Å². The number of fused-ring (bicyclic) bond motifs is 1. The number of carbonyl (C=O) groups excluding carboxylic acids is 3. The zero-order valence-electron chi connectivity index (χ0n) is 22.7. The predicted molar refractivity (Wildman–Crippen MR) is 139 cm³/mol. The minimum atomic E-state index is -1.05. The average molecular weight is 504 g/mol. The Morgan fingerprint density at radius 3 is 2.44 bits per heavy atom. The zero-order chi connectivity index (χ0) is 26.8. The fraction of sp³-hybridized carbons (Fsp3) is 0.750. The Bertz CT molecular complexity index is 875. The summed E-state index contributed by atoms with van der Waals surface area (Å²) in [5, 5.41) is 9.35. The van der Waals surface area contributed by atoms with Gasteiger partial charge in [-0.3, -0.25) is 14.4 Å². The molecule has 0 aromatic carbocycles. The van der Waals surface area contributed by atoms with Gasteiger partial charge in [-0.15, -0.1) is 13.2 Å². The van der Waals surface area contributed by atoms with Gasteiger partial charge < -0.3 is 24.5 Å². The first kappa shape index (κ1) is 28.4. The number of amides is 3. The van der Waals surface area contributed by atoms with Crippen molar-refractivity contribution >= 4 is 17.7 Å². The smallest absolute Gasteiger partial charge is 0.248 e. The van der Waals surface area contributed by atoms with Gasteiger partial charge >= 0.3 is 0 Å². The maximum absolute atomic E-state index is 14.2. The van der Waals surface area contributed by atoms with Crippen LogP contribution in [0.5, 0.6) is 0 Å². The Morgan fingerprint density at radius 1 is 1.22 bits per heavy atom. The number of unbranched alkanes of at least 4 members (excludes halogenated alkanes) is 1. The molecule has 2 bridgehead atoms. The normalized spacial score (nSPS) is 32.6. The highest BCUT2D eigenvalue weighted by molar-refractivity contribution is 5.99. The lowest BCUT2D eigenvalue weighted by molar-refractivity contribution is -0.155. The number of rotatable bonds is 13. The molecule has 8 nitrogen and oxygen atoms in total. The Labute approximate surface area is 216 Å². The van der Waals surface area contributed by atoms with Crippen LogP contribution in [0.15, 0.2) is 25.3 Å². The molecule has 0 aliphatic carbocycles. The number of aliphatic hydroxyl groups excluding tert-OH is 1. The molecule has 36 heavy (non-hydrogen) atoms. The Hall–Kier alpha value is -2.19. The van der Waals surface area contributed by atoms with Crippen LogP contribution in [0, 0.1) is 17.8 Å². The summed E-state index contributed by atoms with van der Waals surface area (Å²) in [6, 6.07) is -0.894. The van der Waals surface area contributed by atoms with Crippen LogP contribution in [0.2, 0.25) is 0 Å². The van der Waals surface area contributed by atoms with Crippen LogP contribution in [-0.4, -0.2) is 93.6 Å². The van der Waals surface area contributed by atoms with Crippen LogP contribution >= 0.6 is 0 Å². The monoisotopic (exact) mass is 503 g/mol. The van der Waals surface area contributed by atoms with E-state index < -0.39 is 29.1 Å². The molecule has 3 unspecified atom stereocenters. The lowest BCUT2D eigenvalue weighted by atomic mass is 9.62. The van der Waals surface area contributed by atoms with E-state index in [0.717, 1.165) is 6.42 Å². The lowest BCUT2D eigenvalue weighted by Gasteiger charge is -2.39. The van der Waals surface area contributed by atoms with E-state index in [1.54, 1.807) is 26.9 Å². The van der Waals surface area contributed by atoms with E-state index in [1.807, 2.05) is 27.7 Å². The molecule has 3 amide bonds. The third kappa shape index (κ3) is 4.40. The van der Waals surface area contributed by atoms with E-state index in [4.69, 9.17) is 4.74 Å². The molecule has 3 saturated heterocycles. The summed E-state index contributed by atoms with van der Waals surface area (Å²) in [6.45, 7) is 19.3. The van der Waals surface area contributed by atoms with Gasteiger partial charge in [0.15, 0.2) is 0 Å². The van der Waals surface area contributed by atoms with Gasteiger partial charge in [-0.25, -0.2) is 0 Å². The van der Waals surface area contributed by atoms with Crippen molar-refractivity contribution in [1.29, 1.82) is 0 Å². The minimum Gasteiger partial charge on any atom is -0.396 e. The zero-order valence-corrected chi connectivity index (χ0v) is 22.7. The van der Waals surface area contributed by atoms with Crippen molar-refractivity contribution in [2.24, 2.45) is 17.8 Å². The Balaban J connectivity index is 2.11. The first-order chi connectivity index (χ1) is 17.0. The van der Waals surface area contributed by atoms with Crippen molar-refractivity contribution in [2.75, 3.05) is 32.8 Å². The quantitative estimate of drug-likeness (QED) is 0.308. The van der Waals surface area contributed by atoms with E-state index in [-0.39, 0.29) is 36.3 Å². The van der Waals surface area contributed by atoms with Crippen LogP contribution in [0.3, 0.4) is 0 Å². The van der Waals surface area contributed by atoms with Crippen molar-refractivity contribution in [3.8, 4) is 0 Å². The van der Waals surface area contributed by atoms with Gasteiger partial charge in [0.2, 0.25) is 17.7 Å². The summed E-state index contributed by atoms with van der Waals surface area (Å²) < 4.78 is 6.81. The minimum absolute atomic E-state index is 0.00213. The second kappa shape index (κ2) is 11.1. The summed E-state index contributed by atoms with van der Waals surface area (Å²) in [7, 11) is 0. The fourth-order valence-electron chi connectivity index (χ4n) is 6.79. The third-order valence-corrected chi connectivity index (χ3v) is 8.51. The van der Waals surface area contributed by atoms with E-state index in [2.05, 4.69) is 20.1 Å². The predicted octanol–water partition coefficient (Wildman–Crippen LogP) is 2.62. The molecule has 1 N–H and O–H groups in total. The Kier molecular flexibility index (Phi) is 8.71. The highest BCUT2D eigenvalue weighted by atomic mass is 16.5. The molecular weight excluding hydrogens is 458 g/mol. The molecule has 1 spiro atoms. The number of nitrogens with zero attached hydrogens (tertiary/aromatic N) is 3. The maximum atomic E-state index is 14.2. The molecule has 3 heterocycles. The van der Waals surface area contributed by atoms with Crippen molar-refractivity contribution in [1.82, 2.24) is 14.7 Å². The first-order valence-corrected chi connectivity index (χ1v) is 13.5. The number of hydrogen-bond donors (Lipinski definition) is 1. The van der Waals surface area contributed by atoms with Gasteiger partial charge in [0.1, 0.15) is 11.6 Å². The number of carbonyl (C=O) groups is 3. The van der Waals surface area contributed by atoms with Crippen molar-refractivity contribution in [3.05, 3.63) is 25.3 Å². The molecule has 202 valence electrons. The van der Waals surface area contributed by atoms with E-state index >= 15 is 0 Å². The van der Waals surface area contributed by atoms with Crippen molar-refractivity contribution < 1.29 is 24.2 Å². The molecule has 0 saturated carbocycles. The molecule has 3 aliphatic rings. The summed E-state index contributed by atoms with van der Waals surface area (Å²) in [5.74, 6) is -1.81. The molecule has 8 heteroatoms. The first-order valence-electron chi connectivity index (χ1n) is 13.5.